The Balaban J connectivity index is 2.08. The Labute approximate surface area is 137 Å². The van der Waals surface area contributed by atoms with E-state index in [2.05, 4.69) is 4.98 Å². The van der Waals surface area contributed by atoms with Gasteiger partial charge in [0, 0.05) is 33.0 Å². The normalized spacial score (nSPS) is 10.7. The van der Waals surface area contributed by atoms with E-state index in [-0.39, 0.29) is 25.3 Å². The van der Waals surface area contributed by atoms with Gasteiger partial charge in [0.2, 0.25) is 5.91 Å². The highest BCUT2D eigenvalue weighted by Crippen LogP contribution is 2.07. The summed E-state index contributed by atoms with van der Waals surface area (Å²) >= 11 is 0. The lowest BCUT2D eigenvalue weighted by Crippen LogP contribution is -2.33. The van der Waals surface area contributed by atoms with Gasteiger partial charge in [0.25, 0.3) is 5.56 Å². The van der Waals surface area contributed by atoms with Gasteiger partial charge >= 0.3 is 11.7 Å². The van der Waals surface area contributed by atoms with Crippen molar-refractivity contribution in [1.82, 2.24) is 14.5 Å². The van der Waals surface area contributed by atoms with Crippen molar-refractivity contribution in [2.45, 2.75) is 25.8 Å². The number of nitrogens with zero attached hydrogens (tertiary/aromatic N) is 2. The molecule has 0 aliphatic rings. The number of amides is 1. The summed E-state index contributed by atoms with van der Waals surface area (Å²) in [6, 6.07) is 6.70. The van der Waals surface area contributed by atoms with E-state index in [1.165, 1.54) is 9.47 Å². The second kappa shape index (κ2) is 7.58. The van der Waals surface area contributed by atoms with Crippen molar-refractivity contribution in [2.75, 3.05) is 13.6 Å². The SMILES string of the molecule is CN(CCCC(=O)O)C(=O)CCn1c(=O)[nH]c(=O)c2ccccc21. The van der Waals surface area contributed by atoms with Gasteiger partial charge in [-0.05, 0) is 18.6 Å². The standard InChI is InChI=1S/C16H19N3O5/c1-18(9-4-7-14(21)22)13(20)8-10-19-12-6-3-2-5-11(12)15(23)17-16(19)24/h2-3,5-6H,4,7-10H2,1H3,(H,21,22)(H,17,23,24). The predicted octanol–water partition coefficient (Wildman–Crippen LogP) is 0.403. The fraction of sp³-hybridized carbons (Fsp3) is 0.375. The second-order valence-electron chi connectivity index (χ2n) is 5.49. The van der Waals surface area contributed by atoms with Crippen molar-refractivity contribution < 1.29 is 14.7 Å². The molecule has 0 saturated carbocycles. The van der Waals surface area contributed by atoms with Crippen LogP contribution in [0.15, 0.2) is 33.9 Å². The fourth-order valence-corrected chi connectivity index (χ4v) is 2.45. The van der Waals surface area contributed by atoms with E-state index in [0.29, 0.717) is 23.9 Å². The summed E-state index contributed by atoms with van der Waals surface area (Å²) in [4.78, 5) is 50.0. The molecule has 0 spiro atoms. The van der Waals surface area contributed by atoms with Crippen LogP contribution in [0.3, 0.4) is 0 Å². The monoisotopic (exact) mass is 333 g/mol. The molecule has 24 heavy (non-hydrogen) atoms. The number of carbonyl (C=O) groups is 2. The molecule has 0 radical (unpaired) electrons. The molecule has 0 atom stereocenters. The number of nitrogens with one attached hydrogen (secondary N) is 1. The predicted molar refractivity (Wildman–Crippen MR) is 88.0 cm³/mol. The van der Waals surface area contributed by atoms with Crippen LogP contribution in [-0.4, -0.2) is 45.0 Å². The molecule has 2 aromatic rings. The molecule has 0 aliphatic carbocycles. The number of carboxylic acids is 1. The molecule has 0 saturated heterocycles. The molecule has 0 bridgehead atoms. The Hall–Kier alpha value is -2.90. The number of carboxylic acid groups (broad SMARTS) is 1. The highest BCUT2D eigenvalue weighted by molar-refractivity contribution is 5.78. The average Bonchev–Trinajstić information content (AvgIpc) is 2.54. The van der Waals surface area contributed by atoms with Gasteiger partial charge < -0.3 is 10.0 Å². The Morgan fingerprint density at radius 3 is 2.62 bits per heavy atom. The lowest BCUT2D eigenvalue weighted by molar-refractivity contribution is -0.138. The van der Waals surface area contributed by atoms with Crippen molar-refractivity contribution in [3.63, 3.8) is 0 Å². The van der Waals surface area contributed by atoms with Gasteiger partial charge in [-0.3, -0.25) is 23.9 Å². The number of hydrogen-bond donors (Lipinski definition) is 2. The van der Waals surface area contributed by atoms with Crippen molar-refractivity contribution in [2.24, 2.45) is 0 Å². The van der Waals surface area contributed by atoms with E-state index in [1.54, 1.807) is 31.3 Å². The fourth-order valence-electron chi connectivity index (χ4n) is 2.45. The van der Waals surface area contributed by atoms with Gasteiger partial charge in [-0.1, -0.05) is 12.1 Å². The quantitative estimate of drug-likeness (QED) is 0.762. The third-order valence-electron chi connectivity index (χ3n) is 3.76. The molecule has 1 amide bonds. The maximum atomic E-state index is 12.1. The number of para-hydroxylation sites is 1. The van der Waals surface area contributed by atoms with E-state index < -0.39 is 17.2 Å². The number of aromatic nitrogens is 2. The molecule has 1 aromatic carbocycles. The van der Waals surface area contributed by atoms with Crippen molar-refractivity contribution in [3.8, 4) is 0 Å². The zero-order valence-electron chi connectivity index (χ0n) is 13.3. The number of benzene rings is 1. The Bertz CT molecular complexity index is 868. The number of aliphatic carboxylic acids is 1. The first-order chi connectivity index (χ1) is 11.4. The highest BCUT2D eigenvalue weighted by atomic mass is 16.4. The largest absolute Gasteiger partial charge is 0.481 e. The van der Waals surface area contributed by atoms with Gasteiger partial charge in [-0.15, -0.1) is 0 Å². The first kappa shape index (κ1) is 17.5. The zero-order chi connectivity index (χ0) is 17.7. The van der Waals surface area contributed by atoms with Gasteiger partial charge in [0.05, 0.1) is 10.9 Å². The molecule has 1 heterocycles. The number of hydrogen-bond acceptors (Lipinski definition) is 4. The van der Waals surface area contributed by atoms with Crippen molar-refractivity contribution in [1.29, 1.82) is 0 Å². The van der Waals surface area contributed by atoms with Gasteiger partial charge in [-0.25, -0.2) is 4.79 Å². The second-order valence-corrected chi connectivity index (χ2v) is 5.49. The number of aromatic amines is 1. The minimum absolute atomic E-state index is 0.00162. The average molecular weight is 333 g/mol. The molecule has 0 fully saturated rings. The lowest BCUT2D eigenvalue weighted by Gasteiger charge is -2.17. The molecule has 0 unspecified atom stereocenters. The minimum Gasteiger partial charge on any atom is -0.481 e. The molecule has 1 aromatic heterocycles. The summed E-state index contributed by atoms with van der Waals surface area (Å²) in [6.07, 6.45) is 0.459. The first-order valence-electron chi connectivity index (χ1n) is 7.58. The summed E-state index contributed by atoms with van der Waals surface area (Å²) in [6.45, 7) is 0.477. The van der Waals surface area contributed by atoms with Crippen LogP contribution in [0.1, 0.15) is 19.3 Å². The van der Waals surface area contributed by atoms with Gasteiger partial charge in [0.1, 0.15) is 0 Å². The summed E-state index contributed by atoms with van der Waals surface area (Å²) in [5, 5.41) is 8.99. The molecule has 8 heteroatoms. The number of H-pyrrole nitrogens is 1. The number of carbonyl (C=O) groups excluding carboxylic acids is 1. The summed E-state index contributed by atoms with van der Waals surface area (Å²) in [7, 11) is 1.60. The van der Waals surface area contributed by atoms with E-state index in [4.69, 9.17) is 5.11 Å². The van der Waals surface area contributed by atoms with Crippen LogP contribution in [0, 0.1) is 0 Å². The van der Waals surface area contributed by atoms with Crippen LogP contribution in [0.5, 0.6) is 0 Å². The first-order valence-corrected chi connectivity index (χ1v) is 7.58. The number of aryl methyl sites for hydroxylation is 1. The molecule has 2 rings (SSSR count). The van der Waals surface area contributed by atoms with E-state index >= 15 is 0 Å². The Kier molecular flexibility index (Phi) is 5.51. The van der Waals surface area contributed by atoms with Crippen LogP contribution in [0.4, 0.5) is 0 Å². The zero-order valence-corrected chi connectivity index (χ0v) is 13.3. The molecule has 128 valence electrons. The van der Waals surface area contributed by atoms with Crippen LogP contribution < -0.4 is 11.2 Å². The van der Waals surface area contributed by atoms with Crippen LogP contribution >= 0.6 is 0 Å². The number of rotatable bonds is 7. The maximum absolute atomic E-state index is 12.1. The third kappa shape index (κ3) is 4.09. The molecule has 2 N–H and O–H groups in total. The summed E-state index contributed by atoms with van der Waals surface area (Å²) < 4.78 is 1.36. The molecular weight excluding hydrogens is 314 g/mol. The lowest BCUT2D eigenvalue weighted by atomic mass is 10.2. The van der Waals surface area contributed by atoms with Crippen LogP contribution in [0.2, 0.25) is 0 Å². The Morgan fingerprint density at radius 1 is 1.21 bits per heavy atom. The highest BCUT2D eigenvalue weighted by Gasteiger charge is 2.12. The topological polar surface area (TPSA) is 112 Å². The van der Waals surface area contributed by atoms with Crippen LogP contribution in [-0.2, 0) is 16.1 Å². The molecule has 0 aliphatic heterocycles. The number of fused-ring (bicyclic) bond motifs is 1. The molecular formula is C16H19N3O5. The molecule has 8 nitrogen and oxygen atoms in total. The maximum Gasteiger partial charge on any atom is 0.328 e. The minimum atomic E-state index is -0.901. The van der Waals surface area contributed by atoms with E-state index in [0.717, 1.165) is 0 Å². The smallest absolute Gasteiger partial charge is 0.328 e. The van der Waals surface area contributed by atoms with Crippen molar-refractivity contribution in [3.05, 3.63) is 45.1 Å². The van der Waals surface area contributed by atoms with Gasteiger partial charge in [-0.2, -0.15) is 0 Å². The van der Waals surface area contributed by atoms with Gasteiger partial charge in [0.15, 0.2) is 0 Å². The van der Waals surface area contributed by atoms with E-state index in [1.807, 2.05) is 0 Å². The summed E-state index contributed by atoms with van der Waals surface area (Å²) in [5.74, 6) is -1.09. The van der Waals surface area contributed by atoms with Crippen LogP contribution in [0.25, 0.3) is 10.9 Å². The third-order valence-corrected chi connectivity index (χ3v) is 3.76. The van der Waals surface area contributed by atoms with Crippen molar-refractivity contribution >= 4 is 22.8 Å². The summed E-state index contributed by atoms with van der Waals surface area (Å²) in [5.41, 5.74) is -0.531. The van der Waals surface area contributed by atoms with E-state index in [9.17, 15) is 19.2 Å². The Morgan fingerprint density at radius 2 is 1.92 bits per heavy atom.